The molecule has 0 bridgehead atoms. The van der Waals surface area contributed by atoms with Gasteiger partial charge in [-0.3, -0.25) is 9.59 Å². The molecule has 3 saturated heterocycles. The zero-order chi connectivity index (χ0) is 32.4. The zero-order valence-corrected chi connectivity index (χ0v) is 27.2. The third-order valence-corrected chi connectivity index (χ3v) is 9.25. The minimum atomic E-state index is -0.631. The lowest BCUT2D eigenvalue weighted by molar-refractivity contribution is -0.128. The van der Waals surface area contributed by atoms with Gasteiger partial charge in [0.05, 0.1) is 30.2 Å². The molecule has 3 fully saturated rings. The Morgan fingerprint density at radius 3 is 2.43 bits per heavy atom. The van der Waals surface area contributed by atoms with Gasteiger partial charge in [0.25, 0.3) is 5.91 Å². The predicted octanol–water partition coefficient (Wildman–Crippen LogP) is 5.80. The number of halogens is 1. The van der Waals surface area contributed by atoms with Crippen LogP contribution in [-0.2, 0) is 16.1 Å². The largest absolute Gasteiger partial charge is 0.457 e. The van der Waals surface area contributed by atoms with Crippen LogP contribution in [0.25, 0.3) is 11.3 Å². The number of nitrogens with one attached hydrogen (secondary N) is 1. The second-order valence-electron chi connectivity index (χ2n) is 14.0. The summed E-state index contributed by atoms with van der Waals surface area (Å²) in [5.41, 5.74) is 3.21. The van der Waals surface area contributed by atoms with Crippen LogP contribution in [0.5, 0.6) is 11.5 Å². The maximum atomic E-state index is 15.6. The minimum absolute atomic E-state index is 0.0276. The van der Waals surface area contributed by atoms with E-state index in [1.807, 2.05) is 43.3 Å². The summed E-state index contributed by atoms with van der Waals surface area (Å²) in [6.07, 6.45) is 2.07. The molecule has 3 aliphatic rings. The first kappa shape index (κ1) is 32.1. The molecular weight excluding hydrogens is 585 g/mol. The van der Waals surface area contributed by atoms with Crippen molar-refractivity contribution >= 4 is 11.8 Å². The highest BCUT2D eigenvalue weighted by molar-refractivity contribution is 5.95. The van der Waals surface area contributed by atoms with E-state index in [-0.39, 0.29) is 35.4 Å². The van der Waals surface area contributed by atoms with Gasteiger partial charge in [-0.15, -0.1) is 0 Å². The normalized spacial score (nSPS) is 20.2. The first-order valence-electron chi connectivity index (χ1n) is 16.4. The Morgan fingerprint density at radius 2 is 1.85 bits per heavy atom. The van der Waals surface area contributed by atoms with E-state index in [0.717, 1.165) is 62.6 Å². The number of carbonyl (C=O) groups excluding carboxylic acids is 2. The van der Waals surface area contributed by atoms with Crippen molar-refractivity contribution in [1.29, 1.82) is 0 Å². The van der Waals surface area contributed by atoms with Gasteiger partial charge in [-0.2, -0.15) is 10.2 Å². The summed E-state index contributed by atoms with van der Waals surface area (Å²) in [6.45, 7) is 13.5. The fourth-order valence-corrected chi connectivity index (χ4v) is 6.52. The van der Waals surface area contributed by atoms with Crippen LogP contribution in [0.2, 0.25) is 0 Å². The van der Waals surface area contributed by atoms with Crippen molar-refractivity contribution in [1.82, 2.24) is 25.3 Å². The number of carbonyl (C=O) groups is 2. The molecular formula is C36H44FN5O4. The Hall–Kier alpha value is -3.89. The highest BCUT2D eigenvalue weighted by Crippen LogP contribution is 2.33. The molecule has 2 aromatic carbocycles. The van der Waals surface area contributed by atoms with Gasteiger partial charge in [0.15, 0.2) is 0 Å². The van der Waals surface area contributed by atoms with E-state index in [0.29, 0.717) is 35.9 Å². The third kappa shape index (κ3) is 7.39. The average molecular weight is 630 g/mol. The van der Waals surface area contributed by atoms with Gasteiger partial charge >= 0.3 is 0 Å². The van der Waals surface area contributed by atoms with Gasteiger partial charge in [-0.25, -0.2) is 4.39 Å². The fourth-order valence-electron chi connectivity index (χ4n) is 6.52. The summed E-state index contributed by atoms with van der Waals surface area (Å²) in [7, 11) is 0. The van der Waals surface area contributed by atoms with Crippen LogP contribution in [0.15, 0.2) is 48.5 Å². The van der Waals surface area contributed by atoms with E-state index in [9.17, 15) is 9.59 Å². The second kappa shape index (κ2) is 13.5. The summed E-state index contributed by atoms with van der Waals surface area (Å²) < 4.78 is 27.3. The first-order valence-corrected chi connectivity index (χ1v) is 16.4. The van der Waals surface area contributed by atoms with Crippen molar-refractivity contribution in [3.05, 3.63) is 71.2 Å². The lowest BCUT2D eigenvalue weighted by Crippen LogP contribution is -2.52. The maximum absolute atomic E-state index is 15.6. The maximum Gasteiger partial charge on any atom is 0.254 e. The lowest BCUT2D eigenvalue weighted by Gasteiger charge is -2.43. The number of aromatic nitrogens is 2. The predicted molar refractivity (Wildman–Crippen MR) is 173 cm³/mol. The molecule has 0 radical (unpaired) electrons. The highest BCUT2D eigenvalue weighted by Gasteiger charge is 2.36. The van der Waals surface area contributed by atoms with Gasteiger partial charge in [-0.1, -0.05) is 27.7 Å². The number of ether oxygens (including phenoxy) is 2. The number of benzene rings is 2. The summed E-state index contributed by atoms with van der Waals surface area (Å²) in [5.74, 6) is 0.327. The first-order chi connectivity index (χ1) is 22.0. The van der Waals surface area contributed by atoms with Gasteiger partial charge in [-0.05, 0) is 73.2 Å². The molecule has 2 amide bonds. The van der Waals surface area contributed by atoms with Crippen LogP contribution in [0.3, 0.4) is 0 Å². The van der Waals surface area contributed by atoms with Crippen LogP contribution < -0.4 is 10.1 Å². The third-order valence-electron chi connectivity index (χ3n) is 9.25. The second-order valence-corrected chi connectivity index (χ2v) is 14.0. The SMILES string of the molecule is CC(C)c1ccc(-c2ccc(Oc3cc(C(=O)NC4CCN(CC5(C)COC5)CC4)c(F)cc3CN3C[C@@H](C)CC3=O)cc2)nn1. The molecule has 0 spiro atoms. The fraction of sp³-hybridized carbons (Fsp3) is 0.500. The Kier molecular flexibility index (Phi) is 9.38. The number of likely N-dealkylation sites (tertiary alicyclic amines) is 2. The lowest BCUT2D eigenvalue weighted by atomic mass is 9.87. The molecule has 1 aromatic heterocycles. The molecule has 244 valence electrons. The minimum Gasteiger partial charge on any atom is -0.457 e. The molecule has 0 aliphatic carbocycles. The average Bonchev–Trinajstić information content (AvgIpc) is 3.34. The standard InChI is InChI=1S/C36H44FN5O4/c1-23(2)31-9-10-32(40-39-31)25-5-7-28(8-6-25)46-33-17-29(30(37)16-26(33)19-42-18-24(3)15-34(42)43)35(44)38-27-11-13-41(14-12-27)20-36(4)21-45-22-36/h5-10,16-17,23-24,27H,11-15,18-22H2,1-4H3,(H,38,44)/t24-/m0/s1. The number of rotatable bonds is 10. The Balaban J connectivity index is 1.18. The van der Waals surface area contributed by atoms with Gasteiger partial charge in [0.1, 0.15) is 17.3 Å². The number of hydrogen-bond acceptors (Lipinski definition) is 7. The van der Waals surface area contributed by atoms with Crippen LogP contribution in [0, 0.1) is 17.2 Å². The number of hydrogen-bond donors (Lipinski definition) is 1. The molecule has 3 aromatic rings. The number of piperidine rings is 1. The van der Waals surface area contributed by atoms with E-state index in [1.54, 1.807) is 4.90 Å². The Bertz CT molecular complexity index is 1550. The molecule has 0 unspecified atom stereocenters. The van der Waals surface area contributed by atoms with Crippen LogP contribution in [0.4, 0.5) is 4.39 Å². The number of amides is 2. The molecule has 9 nitrogen and oxygen atoms in total. The van der Waals surface area contributed by atoms with Gasteiger partial charge < -0.3 is 24.6 Å². The summed E-state index contributed by atoms with van der Waals surface area (Å²) in [6, 6.07) is 14.1. The van der Waals surface area contributed by atoms with Crippen molar-refractivity contribution in [3.8, 4) is 22.8 Å². The summed E-state index contributed by atoms with van der Waals surface area (Å²) in [5, 5.41) is 11.7. The molecule has 46 heavy (non-hydrogen) atoms. The highest BCUT2D eigenvalue weighted by atomic mass is 19.1. The van der Waals surface area contributed by atoms with E-state index < -0.39 is 11.7 Å². The molecule has 4 heterocycles. The van der Waals surface area contributed by atoms with Crippen molar-refractivity contribution < 1.29 is 23.5 Å². The summed E-state index contributed by atoms with van der Waals surface area (Å²) in [4.78, 5) is 30.1. The van der Waals surface area contributed by atoms with Crippen molar-refractivity contribution in [3.63, 3.8) is 0 Å². The van der Waals surface area contributed by atoms with E-state index in [1.165, 1.54) is 12.1 Å². The monoisotopic (exact) mass is 629 g/mol. The molecule has 3 aliphatic heterocycles. The quantitative estimate of drug-likeness (QED) is 0.303. The molecule has 0 saturated carbocycles. The topological polar surface area (TPSA) is 96.9 Å². The van der Waals surface area contributed by atoms with Crippen molar-refractivity contribution in [2.75, 3.05) is 39.4 Å². The molecule has 1 N–H and O–H groups in total. The van der Waals surface area contributed by atoms with Crippen molar-refractivity contribution in [2.45, 2.75) is 65.5 Å². The molecule has 10 heteroatoms. The molecule has 6 rings (SSSR count). The molecule has 1 atom stereocenters. The smallest absolute Gasteiger partial charge is 0.254 e. The van der Waals surface area contributed by atoms with E-state index in [4.69, 9.17) is 9.47 Å². The van der Waals surface area contributed by atoms with Crippen LogP contribution >= 0.6 is 0 Å². The zero-order valence-electron chi connectivity index (χ0n) is 27.2. The van der Waals surface area contributed by atoms with Crippen molar-refractivity contribution in [2.24, 2.45) is 11.3 Å². The van der Waals surface area contributed by atoms with Gasteiger partial charge in [0, 0.05) is 61.7 Å². The Labute approximate surface area is 270 Å². The van der Waals surface area contributed by atoms with Crippen LogP contribution in [0.1, 0.15) is 74.5 Å². The van der Waals surface area contributed by atoms with Gasteiger partial charge in [0.2, 0.25) is 5.91 Å². The van der Waals surface area contributed by atoms with E-state index in [2.05, 4.69) is 41.2 Å². The van der Waals surface area contributed by atoms with E-state index >= 15 is 4.39 Å². The van der Waals surface area contributed by atoms with Crippen LogP contribution in [-0.4, -0.2) is 77.2 Å². The Morgan fingerprint density at radius 1 is 1.11 bits per heavy atom. The summed E-state index contributed by atoms with van der Waals surface area (Å²) >= 11 is 0. The number of nitrogens with zero attached hydrogens (tertiary/aromatic N) is 4.